The van der Waals surface area contributed by atoms with E-state index in [2.05, 4.69) is 10.3 Å². The highest BCUT2D eigenvalue weighted by molar-refractivity contribution is 6.06. The minimum absolute atomic E-state index is 0.0330. The zero-order chi connectivity index (χ0) is 16.8. The summed E-state index contributed by atoms with van der Waals surface area (Å²) in [5.74, 6) is -0.0330. The number of hydrogen-bond donors (Lipinski definition) is 1. The van der Waals surface area contributed by atoms with E-state index in [1.165, 1.54) is 32.1 Å². The first kappa shape index (κ1) is 16.9. The van der Waals surface area contributed by atoms with E-state index in [9.17, 15) is 4.79 Å². The van der Waals surface area contributed by atoms with E-state index in [0.717, 1.165) is 29.6 Å². The van der Waals surface area contributed by atoms with Gasteiger partial charge in [0.2, 0.25) is 0 Å². The fourth-order valence-corrected chi connectivity index (χ4v) is 3.35. The number of carbonyl (C=O) groups is 1. The Kier molecular flexibility index (Phi) is 5.81. The smallest absolute Gasteiger partial charge is 0.252 e. The molecule has 1 aliphatic carbocycles. The summed E-state index contributed by atoms with van der Waals surface area (Å²) in [6.07, 6.45) is 7.58. The molecule has 1 aromatic heterocycles. The maximum atomic E-state index is 12.5. The van der Waals surface area contributed by atoms with Crippen LogP contribution in [0.15, 0.2) is 30.3 Å². The van der Waals surface area contributed by atoms with Gasteiger partial charge in [0.1, 0.15) is 0 Å². The Balaban J connectivity index is 1.50. The number of nitrogens with zero attached hydrogens (tertiary/aromatic N) is 1. The SMILES string of the molecule is Cc1cc(C(=O)NCCCOC2CCCCC2)c2ccccc2n1. The number of carbonyl (C=O) groups excluding carboxylic acids is 1. The normalized spacial score (nSPS) is 15.5. The standard InChI is InChI=1S/C20H26N2O2/c1-15-14-18(17-10-5-6-11-19(17)22-15)20(23)21-12-7-13-24-16-8-3-2-4-9-16/h5-6,10-11,14,16H,2-4,7-9,12-13H2,1H3,(H,21,23). The summed E-state index contributed by atoms with van der Waals surface area (Å²) < 4.78 is 5.90. The first-order valence-corrected chi connectivity index (χ1v) is 9.00. The number of hydrogen-bond acceptors (Lipinski definition) is 3. The van der Waals surface area contributed by atoms with E-state index in [1.54, 1.807) is 0 Å². The van der Waals surface area contributed by atoms with Gasteiger partial charge in [-0.1, -0.05) is 37.5 Å². The Morgan fingerprint density at radius 3 is 2.88 bits per heavy atom. The number of para-hydroxylation sites is 1. The highest BCUT2D eigenvalue weighted by Gasteiger charge is 2.14. The Hall–Kier alpha value is -1.94. The number of nitrogens with one attached hydrogen (secondary N) is 1. The lowest BCUT2D eigenvalue weighted by atomic mass is 9.98. The van der Waals surface area contributed by atoms with Crippen molar-refractivity contribution < 1.29 is 9.53 Å². The summed E-state index contributed by atoms with van der Waals surface area (Å²) >= 11 is 0. The lowest BCUT2D eigenvalue weighted by Crippen LogP contribution is -2.26. The van der Waals surface area contributed by atoms with Gasteiger partial charge in [-0.2, -0.15) is 0 Å². The molecule has 4 nitrogen and oxygen atoms in total. The molecular weight excluding hydrogens is 300 g/mol. The lowest BCUT2D eigenvalue weighted by molar-refractivity contribution is 0.0273. The van der Waals surface area contributed by atoms with Crippen molar-refractivity contribution in [3.05, 3.63) is 41.6 Å². The zero-order valence-corrected chi connectivity index (χ0v) is 14.4. The number of benzene rings is 1. The third-order valence-electron chi connectivity index (χ3n) is 4.60. The van der Waals surface area contributed by atoms with Gasteiger partial charge in [0.05, 0.1) is 17.2 Å². The van der Waals surface area contributed by atoms with Gasteiger partial charge in [-0.25, -0.2) is 0 Å². The average molecular weight is 326 g/mol. The molecular formula is C20H26N2O2. The summed E-state index contributed by atoms with van der Waals surface area (Å²) in [6.45, 7) is 3.28. The summed E-state index contributed by atoms with van der Waals surface area (Å²) in [6, 6.07) is 9.63. The van der Waals surface area contributed by atoms with Gasteiger partial charge in [0.15, 0.2) is 0 Å². The van der Waals surface area contributed by atoms with Crippen LogP contribution in [0.2, 0.25) is 0 Å². The van der Waals surface area contributed by atoms with Crippen molar-refractivity contribution in [1.82, 2.24) is 10.3 Å². The van der Waals surface area contributed by atoms with Crippen LogP contribution in [0.3, 0.4) is 0 Å². The van der Waals surface area contributed by atoms with E-state index in [4.69, 9.17) is 4.74 Å². The van der Waals surface area contributed by atoms with Crippen LogP contribution in [-0.4, -0.2) is 30.1 Å². The molecule has 1 N–H and O–H groups in total. The fourth-order valence-electron chi connectivity index (χ4n) is 3.35. The Labute approximate surface area is 143 Å². The monoisotopic (exact) mass is 326 g/mol. The fraction of sp³-hybridized carbons (Fsp3) is 0.500. The van der Waals surface area contributed by atoms with Crippen LogP contribution >= 0.6 is 0 Å². The number of pyridine rings is 1. The summed E-state index contributed by atoms with van der Waals surface area (Å²) in [4.78, 5) is 17.0. The maximum Gasteiger partial charge on any atom is 0.252 e. The minimum Gasteiger partial charge on any atom is -0.378 e. The van der Waals surface area contributed by atoms with Crippen molar-refractivity contribution in [3.63, 3.8) is 0 Å². The number of aryl methyl sites for hydroxylation is 1. The van der Waals surface area contributed by atoms with Crippen molar-refractivity contribution in [1.29, 1.82) is 0 Å². The quantitative estimate of drug-likeness (QED) is 0.816. The van der Waals surface area contributed by atoms with Crippen LogP contribution in [0.5, 0.6) is 0 Å². The number of ether oxygens (including phenoxy) is 1. The molecule has 0 unspecified atom stereocenters. The van der Waals surface area contributed by atoms with E-state index in [1.807, 2.05) is 37.3 Å². The topological polar surface area (TPSA) is 51.2 Å². The third-order valence-corrected chi connectivity index (χ3v) is 4.60. The van der Waals surface area contributed by atoms with Gasteiger partial charge >= 0.3 is 0 Å². The molecule has 1 saturated carbocycles. The van der Waals surface area contributed by atoms with Crippen LogP contribution in [-0.2, 0) is 4.74 Å². The second kappa shape index (κ2) is 8.25. The van der Waals surface area contributed by atoms with Gasteiger partial charge < -0.3 is 10.1 Å². The molecule has 0 aliphatic heterocycles. The molecule has 1 fully saturated rings. The molecule has 0 bridgehead atoms. The lowest BCUT2D eigenvalue weighted by Gasteiger charge is -2.21. The summed E-state index contributed by atoms with van der Waals surface area (Å²) in [7, 11) is 0. The van der Waals surface area contributed by atoms with Crippen molar-refractivity contribution >= 4 is 16.8 Å². The van der Waals surface area contributed by atoms with E-state index < -0.39 is 0 Å². The molecule has 1 heterocycles. The first-order chi connectivity index (χ1) is 11.7. The molecule has 0 spiro atoms. The highest BCUT2D eigenvalue weighted by Crippen LogP contribution is 2.20. The molecule has 3 rings (SSSR count). The van der Waals surface area contributed by atoms with Gasteiger partial charge in [0.25, 0.3) is 5.91 Å². The second-order valence-electron chi connectivity index (χ2n) is 6.57. The van der Waals surface area contributed by atoms with E-state index in [-0.39, 0.29) is 5.91 Å². The first-order valence-electron chi connectivity index (χ1n) is 9.00. The molecule has 0 saturated heterocycles. The average Bonchev–Trinajstić information content (AvgIpc) is 2.61. The van der Waals surface area contributed by atoms with Gasteiger partial charge in [-0.15, -0.1) is 0 Å². The predicted molar refractivity (Wildman–Crippen MR) is 96.3 cm³/mol. The third kappa shape index (κ3) is 4.32. The Bertz CT molecular complexity index is 693. The number of aromatic nitrogens is 1. The van der Waals surface area contributed by atoms with Gasteiger partial charge in [-0.3, -0.25) is 9.78 Å². The van der Waals surface area contributed by atoms with Crippen LogP contribution < -0.4 is 5.32 Å². The number of amides is 1. The number of fused-ring (bicyclic) bond motifs is 1. The van der Waals surface area contributed by atoms with Crippen molar-refractivity contribution in [2.75, 3.05) is 13.2 Å². The molecule has 4 heteroatoms. The van der Waals surface area contributed by atoms with Crippen LogP contribution in [0, 0.1) is 6.92 Å². The van der Waals surface area contributed by atoms with Crippen molar-refractivity contribution in [2.24, 2.45) is 0 Å². The van der Waals surface area contributed by atoms with Gasteiger partial charge in [-0.05, 0) is 38.3 Å². The summed E-state index contributed by atoms with van der Waals surface area (Å²) in [5.41, 5.74) is 2.43. The molecule has 1 amide bonds. The molecule has 1 aliphatic rings. The van der Waals surface area contributed by atoms with Crippen molar-refractivity contribution in [2.45, 2.75) is 51.6 Å². The van der Waals surface area contributed by atoms with Gasteiger partial charge in [0, 0.05) is 24.2 Å². The largest absolute Gasteiger partial charge is 0.378 e. The zero-order valence-electron chi connectivity index (χ0n) is 14.4. The van der Waals surface area contributed by atoms with Crippen LogP contribution in [0.25, 0.3) is 10.9 Å². The molecule has 2 aromatic rings. The maximum absolute atomic E-state index is 12.5. The highest BCUT2D eigenvalue weighted by atomic mass is 16.5. The van der Waals surface area contributed by atoms with E-state index >= 15 is 0 Å². The van der Waals surface area contributed by atoms with Crippen molar-refractivity contribution in [3.8, 4) is 0 Å². The molecule has 128 valence electrons. The van der Waals surface area contributed by atoms with Crippen LogP contribution in [0.1, 0.15) is 54.6 Å². The minimum atomic E-state index is -0.0330. The predicted octanol–water partition coefficient (Wildman–Crippen LogP) is 4.01. The molecule has 1 aromatic carbocycles. The summed E-state index contributed by atoms with van der Waals surface area (Å²) in [5, 5.41) is 3.91. The molecule has 0 atom stereocenters. The molecule has 0 radical (unpaired) electrons. The Morgan fingerprint density at radius 1 is 1.25 bits per heavy atom. The van der Waals surface area contributed by atoms with Crippen LogP contribution in [0.4, 0.5) is 0 Å². The molecule has 24 heavy (non-hydrogen) atoms. The number of rotatable bonds is 6. The Morgan fingerprint density at radius 2 is 2.04 bits per heavy atom. The second-order valence-corrected chi connectivity index (χ2v) is 6.57. The van der Waals surface area contributed by atoms with E-state index in [0.29, 0.717) is 18.2 Å².